The topological polar surface area (TPSA) is 96.6 Å². The van der Waals surface area contributed by atoms with E-state index in [1.165, 1.54) is 6.07 Å². The van der Waals surface area contributed by atoms with Gasteiger partial charge in [-0.1, -0.05) is 6.07 Å². The SMILES string of the molecule is CN(C)Cc1cc(-c2nc(-c3ccc4c(c3)CCNC4=O)c(N)nc2F)c(F)cc1N1CCOCC1. The van der Waals surface area contributed by atoms with E-state index in [-0.39, 0.29) is 28.7 Å². The van der Waals surface area contributed by atoms with Gasteiger partial charge in [-0.2, -0.15) is 9.37 Å². The Morgan fingerprint density at radius 1 is 1.08 bits per heavy atom. The highest BCUT2D eigenvalue weighted by Gasteiger charge is 2.24. The van der Waals surface area contributed by atoms with Crippen LogP contribution in [0, 0.1) is 11.8 Å². The molecule has 3 N–H and O–H groups in total. The lowest BCUT2D eigenvalue weighted by Crippen LogP contribution is -2.37. The highest BCUT2D eigenvalue weighted by atomic mass is 19.1. The Morgan fingerprint density at radius 3 is 2.61 bits per heavy atom. The predicted molar refractivity (Wildman–Crippen MR) is 134 cm³/mol. The molecule has 1 amide bonds. The number of carbonyl (C=O) groups excluding carboxylic acids is 1. The number of anilines is 2. The first-order chi connectivity index (χ1) is 17.3. The normalized spacial score (nSPS) is 15.7. The van der Waals surface area contributed by atoms with Crippen molar-refractivity contribution >= 4 is 17.4 Å². The van der Waals surface area contributed by atoms with Crippen molar-refractivity contribution in [3.05, 3.63) is 58.8 Å². The summed E-state index contributed by atoms with van der Waals surface area (Å²) in [5.74, 6) is -1.78. The molecule has 5 rings (SSSR count). The van der Waals surface area contributed by atoms with Crippen LogP contribution >= 0.6 is 0 Å². The maximum absolute atomic E-state index is 15.5. The van der Waals surface area contributed by atoms with Crippen LogP contribution in [0.25, 0.3) is 22.5 Å². The summed E-state index contributed by atoms with van der Waals surface area (Å²) in [4.78, 5) is 24.5. The smallest absolute Gasteiger partial charge is 0.251 e. The fraction of sp³-hybridized carbons (Fsp3) is 0.346. The first-order valence-electron chi connectivity index (χ1n) is 11.9. The number of hydrogen-bond donors (Lipinski definition) is 2. The van der Waals surface area contributed by atoms with Crippen molar-refractivity contribution in [1.82, 2.24) is 20.2 Å². The summed E-state index contributed by atoms with van der Waals surface area (Å²) in [6.07, 6.45) is 0.655. The van der Waals surface area contributed by atoms with Gasteiger partial charge in [-0.05, 0) is 55.9 Å². The quantitative estimate of drug-likeness (QED) is 0.563. The van der Waals surface area contributed by atoms with Gasteiger partial charge < -0.3 is 25.6 Å². The van der Waals surface area contributed by atoms with Crippen LogP contribution in [0.4, 0.5) is 20.3 Å². The number of ether oxygens (including phenoxy) is 1. The third-order valence-electron chi connectivity index (χ3n) is 6.45. The molecule has 3 aromatic rings. The molecule has 8 nitrogen and oxygen atoms in total. The van der Waals surface area contributed by atoms with E-state index in [2.05, 4.69) is 20.2 Å². The summed E-state index contributed by atoms with van der Waals surface area (Å²) in [6, 6.07) is 8.28. The van der Waals surface area contributed by atoms with Gasteiger partial charge in [0, 0.05) is 48.6 Å². The van der Waals surface area contributed by atoms with E-state index in [1.807, 2.05) is 25.1 Å². The molecule has 1 aromatic heterocycles. The van der Waals surface area contributed by atoms with Gasteiger partial charge in [-0.25, -0.2) is 9.37 Å². The van der Waals surface area contributed by atoms with Crippen molar-refractivity contribution in [2.45, 2.75) is 13.0 Å². The van der Waals surface area contributed by atoms with Crippen LogP contribution in [-0.4, -0.2) is 67.7 Å². The molecule has 0 atom stereocenters. The molecule has 0 spiro atoms. The second kappa shape index (κ2) is 9.79. The fourth-order valence-corrected chi connectivity index (χ4v) is 4.74. The molecule has 2 aliphatic heterocycles. The average molecular weight is 495 g/mol. The Kier molecular flexibility index (Phi) is 6.55. The Hall–Kier alpha value is -3.63. The number of benzene rings is 2. The Morgan fingerprint density at radius 2 is 1.86 bits per heavy atom. The first-order valence-corrected chi connectivity index (χ1v) is 11.9. The number of nitrogens with two attached hydrogens (primary N) is 1. The van der Waals surface area contributed by atoms with Gasteiger partial charge in [0.25, 0.3) is 5.91 Å². The van der Waals surface area contributed by atoms with Crippen molar-refractivity contribution in [2.24, 2.45) is 0 Å². The average Bonchev–Trinajstić information content (AvgIpc) is 2.85. The lowest BCUT2D eigenvalue weighted by molar-refractivity contribution is 0.0946. The third-order valence-corrected chi connectivity index (χ3v) is 6.45. The first kappa shape index (κ1) is 24.1. The molecule has 36 heavy (non-hydrogen) atoms. The molecule has 1 fully saturated rings. The van der Waals surface area contributed by atoms with Crippen molar-refractivity contribution in [1.29, 1.82) is 0 Å². The zero-order valence-corrected chi connectivity index (χ0v) is 20.3. The molecule has 0 unspecified atom stereocenters. The van der Waals surface area contributed by atoms with Gasteiger partial charge in [0.05, 0.1) is 13.2 Å². The van der Waals surface area contributed by atoms with Gasteiger partial charge in [-0.3, -0.25) is 4.79 Å². The number of rotatable bonds is 5. The molecule has 188 valence electrons. The summed E-state index contributed by atoms with van der Waals surface area (Å²) in [7, 11) is 3.84. The molecule has 1 saturated heterocycles. The van der Waals surface area contributed by atoms with E-state index in [4.69, 9.17) is 10.5 Å². The number of fused-ring (bicyclic) bond motifs is 1. The van der Waals surface area contributed by atoms with Crippen LogP contribution in [-0.2, 0) is 17.7 Å². The standard InChI is InChI=1S/C26H28F2N6O2/c1-33(2)14-17-12-19(20(27)13-21(17)34-7-9-36-10-8-34)23-24(28)32-25(29)22(31-23)16-3-4-18-15(11-16)5-6-30-26(18)35/h3-4,11-13H,5-10,14H2,1-2H3,(H2,29,32)(H,30,35). The molecule has 2 aliphatic rings. The van der Waals surface area contributed by atoms with E-state index < -0.39 is 11.8 Å². The summed E-state index contributed by atoms with van der Waals surface area (Å²) >= 11 is 0. The summed E-state index contributed by atoms with van der Waals surface area (Å²) in [6.45, 7) is 3.49. The third kappa shape index (κ3) is 4.61. The number of halogens is 2. The summed E-state index contributed by atoms with van der Waals surface area (Å²) in [5, 5.41) is 2.80. The van der Waals surface area contributed by atoms with Crippen LogP contribution in [0.1, 0.15) is 21.5 Å². The highest BCUT2D eigenvalue weighted by Crippen LogP contribution is 2.35. The monoisotopic (exact) mass is 494 g/mol. The minimum Gasteiger partial charge on any atom is -0.382 e. The maximum Gasteiger partial charge on any atom is 0.251 e. The molecular weight excluding hydrogens is 466 g/mol. The molecular formula is C26H28F2N6O2. The van der Waals surface area contributed by atoms with Crippen LogP contribution in [0.2, 0.25) is 0 Å². The number of nitrogens with zero attached hydrogens (tertiary/aromatic N) is 4. The predicted octanol–water partition coefficient (Wildman–Crippen LogP) is 2.86. The maximum atomic E-state index is 15.5. The number of nitrogens with one attached hydrogen (secondary N) is 1. The van der Waals surface area contributed by atoms with E-state index >= 15 is 8.78 Å². The van der Waals surface area contributed by atoms with E-state index in [9.17, 15) is 4.79 Å². The minimum atomic E-state index is -0.942. The van der Waals surface area contributed by atoms with Crippen molar-refractivity contribution in [3.8, 4) is 22.5 Å². The van der Waals surface area contributed by atoms with E-state index in [1.54, 1.807) is 18.2 Å². The van der Waals surface area contributed by atoms with Crippen LogP contribution in [0.5, 0.6) is 0 Å². The second-order valence-corrected chi connectivity index (χ2v) is 9.27. The van der Waals surface area contributed by atoms with Gasteiger partial charge in [0.2, 0.25) is 5.95 Å². The van der Waals surface area contributed by atoms with Crippen molar-refractivity contribution in [3.63, 3.8) is 0 Å². The Bertz CT molecular complexity index is 1320. The molecule has 3 heterocycles. The number of morpholine rings is 1. The fourth-order valence-electron chi connectivity index (χ4n) is 4.74. The van der Waals surface area contributed by atoms with Crippen molar-refractivity contribution in [2.75, 3.05) is 57.6 Å². The molecule has 2 aromatic carbocycles. The Labute approximate surface area is 208 Å². The van der Waals surface area contributed by atoms with E-state index in [0.717, 1.165) is 16.8 Å². The molecule has 10 heteroatoms. The molecule has 0 aliphatic carbocycles. The molecule has 0 saturated carbocycles. The zero-order valence-electron chi connectivity index (χ0n) is 20.3. The van der Waals surface area contributed by atoms with Crippen molar-refractivity contribution < 1.29 is 18.3 Å². The van der Waals surface area contributed by atoms with Crippen LogP contribution in [0.3, 0.4) is 0 Å². The van der Waals surface area contributed by atoms with E-state index in [0.29, 0.717) is 56.9 Å². The number of hydrogen-bond acceptors (Lipinski definition) is 7. The number of aromatic nitrogens is 2. The number of nitrogen functional groups attached to an aromatic ring is 1. The van der Waals surface area contributed by atoms with Gasteiger partial charge in [-0.15, -0.1) is 0 Å². The Balaban J connectivity index is 1.60. The summed E-state index contributed by atoms with van der Waals surface area (Å²) < 4.78 is 36.0. The number of amides is 1. The second-order valence-electron chi connectivity index (χ2n) is 9.27. The van der Waals surface area contributed by atoms with Gasteiger partial charge in [0.1, 0.15) is 17.2 Å². The van der Waals surface area contributed by atoms with Crippen LogP contribution < -0.4 is 16.0 Å². The lowest BCUT2D eigenvalue weighted by atomic mass is 9.96. The van der Waals surface area contributed by atoms with Gasteiger partial charge >= 0.3 is 0 Å². The molecule has 0 radical (unpaired) electrons. The van der Waals surface area contributed by atoms with Crippen LogP contribution in [0.15, 0.2) is 30.3 Å². The molecule has 0 bridgehead atoms. The highest BCUT2D eigenvalue weighted by molar-refractivity contribution is 5.97. The zero-order chi connectivity index (χ0) is 25.4. The minimum absolute atomic E-state index is 0.0208. The summed E-state index contributed by atoms with van der Waals surface area (Å²) in [5.41, 5.74) is 9.72. The van der Waals surface area contributed by atoms with Gasteiger partial charge in [0.15, 0.2) is 5.82 Å². The number of carbonyl (C=O) groups is 1. The largest absolute Gasteiger partial charge is 0.382 e. The lowest BCUT2D eigenvalue weighted by Gasteiger charge is -2.31.